The van der Waals surface area contributed by atoms with E-state index in [4.69, 9.17) is 0 Å². The van der Waals surface area contributed by atoms with Crippen LogP contribution in [0.3, 0.4) is 0 Å². The van der Waals surface area contributed by atoms with Gasteiger partial charge in [0.25, 0.3) is 5.91 Å². The second-order valence-corrected chi connectivity index (χ2v) is 10.2. The molecule has 2 aromatic carbocycles. The maximum atomic E-state index is 13.1. The Kier molecular flexibility index (Phi) is 6.04. The average molecular weight is 455 g/mol. The van der Waals surface area contributed by atoms with Crippen molar-refractivity contribution in [3.05, 3.63) is 76.5 Å². The fraction of sp³-hybridized carbons (Fsp3) is 0.217. The summed E-state index contributed by atoms with van der Waals surface area (Å²) in [5.74, 6) is -0.184. The van der Waals surface area contributed by atoms with Crippen molar-refractivity contribution in [3.8, 4) is 11.1 Å². The second-order valence-electron chi connectivity index (χ2n) is 7.31. The minimum absolute atomic E-state index is 0.0725. The van der Waals surface area contributed by atoms with Gasteiger partial charge in [0.05, 0.1) is 9.77 Å². The van der Waals surface area contributed by atoms with Gasteiger partial charge < -0.3 is 4.90 Å². The Morgan fingerprint density at radius 3 is 2.13 bits per heavy atom. The maximum Gasteiger partial charge on any atom is 0.264 e. The van der Waals surface area contributed by atoms with Crippen LogP contribution in [0.25, 0.3) is 11.1 Å². The highest BCUT2D eigenvalue weighted by molar-refractivity contribution is 7.89. The zero-order chi connectivity index (χ0) is 22.0. The van der Waals surface area contributed by atoms with Gasteiger partial charge in [0.15, 0.2) is 5.78 Å². The number of thiophene rings is 1. The number of sulfonamides is 1. The third-order valence-electron chi connectivity index (χ3n) is 5.37. The molecule has 2 heterocycles. The zero-order valence-corrected chi connectivity index (χ0v) is 18.7. The van der Waals surface area contributed by atoms with Crippen molar-refractivity contribution < 1.29 is 18.0 Å². The molecule has 1 amide bonds. The molecule has 31 heavy (non-hydrogen) atoms. The second kappa shape index (κ2) is 8.74. The molecule has 0 aliphatic carbocycles. The Balaban J connectivity index is 1.46. The Labute approximate surface area is 185 Å². The Bertz CT molecular complexity index is 1190. The van der Waals surface area contributed by atoms with E-state index in [0.717, 1.165) is 11.1 Å². The van der Waals surface area contributed by atoms with Gasteiger partial charge in [-0.1, -0.05) is 42.5 Å². The lowest BCUT2D eigenvalue weighted by Gasteiger charge is -2.34. The first-order valence-corrected chi connectivity index (χ1v) is 12.2. The molecule has 0 spiro atoms. The first kappa shape index (κ1) is 21.4. The number of carbonyl (C=O) groups is 2. The van der Waals surface area contributed by atoms with Gasteiger partial charge in [0.2, 0.25) is 10.0 Å². The lowest BCUT2D eigenvalue weighted by atomic mass is 10.1. The molecule has 1 aromatic heterocycles. The molecule has 1 aliphatic rings. The number of piperazine rings is 1. The summed E-state index contributed by atoms with van der Waals surface area (Å²) in [7, 11) is -3.67. The molecule has 1 aliphatic heterocycles. The zero-order valence-electron chi connectivity index (χ0n) is 17.0. The summed E-state index contributed by atoms with van der Waals surface area (Å²) in [6.45, 7) is 2.56. The monoisotopic (exact) mass is 454 g/mol. The van der Waals surface area contributed by atoms with E-state index in [2.05, 4.69) is 0 Å². The standard InChI is InChI=1S/C23H22N2O4S2/c1-17(26)18-7-9-20(10-8-18)31(28,29)25-14-12-24(13-15-25)23(27)22-21(11-16-30-22)19-5-3-2-4-6-19/h2-11,16H,12-15H2,1H3. The van der Waals surface area contributed by atoms with E-state index >= 15 is 0 Å². The minimum atomic E-state index is -3.67. The predicted molar refractivity (Wildman–Crippen MR) is 121 cm³/mol. The number of amides is 1. The molecule has 0 N–H and O–H groups in total. The normalized spacial score (nSPS) is 15.1. The van der Waals surface area contributed by atoms with Crippen LogP contribution in [-0.4, -0.2) is 55.5 Å². The maximum absolute atomic E-state index is 13.1. The van der Waals surface area contributed by atoms with Crippen molar-refractivity contribution in [3.63, 3.8) is 0 Å². The highest BCUT2D eigenvalue weighted by atomic mass is 32.2. The van der Waals surface area contributed by atoms with Crippen LogP contribution in [0.15, 0.2) is 70.9 Å². The minimum Gasteiger partial charge on any atom is -0.335 e. The molecule has 6 nitrogen and oxygen atoms in total. The Morgan fingerprint density at radius 1 is 0.871 bits per heavy atom. The number of Topliss-reactive ketones (excluding diaryl/α,β-unsaturated/α-hetero) is 1. The van der Waals surface area contributed by atoms with Crippen molar-refractivity contribution in [2.24, 2.45) is 0 Å². The summed E-state index contributed by atoms with van der Waals surface area (Å²) in [4.78, 5) is 27.1. The number of ketones is 1. The fourth-order valence-corrected chi connectivity index (χ4v) is 5.91. The van der Waals surface area contributed by atoms with Gasteiger partial charge in [-0.05, 0) is 36.1 Å². The van der Waals surface area contributed by atoms with Crippen LogP contribution >= 0.6 is 11.3 Å². The first-order chi connectivity index (χ1) is 14.9. The summed E-state index contributed by atoms with van der Waals surface area (Å²) in [6.07, 6.45) is 0. The SMILES string of the molecule is CC(=O)c1ccc(S(=O)(=O)N2CCN(C(=O)c3sccc3-c3ccccc3)CC2)cc1. The quantitative estimate of drug-likeness (QED) is 0.550. The molecule has 1 saturated heterocycles. The van der Waals surface area contributed by atoms with Gasteiger partial charge >= 0.3 is 0 Å². The van der Waals surface area contributed by atoms with Crippen molar-refractivity contribution in [2.45, 2.75) is 11.8 Å². The van der Waals surface area contributed by atoms with E-state index in [0.29, 0.717) is 23.5 Å². The van der Waals surface area contributed by atoms with Gasteiger partial charge in [-0.15, -0.1) is 11.3 Å². The van der Waals surface area contributed by atoms with Crippen LogP contribution in [0.4, 0.5) is 0 Å². The van der Waals surface area contributed by atoms with E-state index in [9.17, 15) is 18.0 Å². The van der Waals surface area contributed by atoms with Gasteiger partial charge in [0.1, 0.15) is 0 Å². The van der Waals surface area contributed by atoms with E-state index in [1.165, 1.54) is 46.8 Å². The van der Waals surface area contributed by atoms with Crippen molar-refractivity contribution in [2.75, 3.05) is 26.2 Å². The summed E-state index contributed by atoms with van der Waals surface area (Å²) < 4.78 is 27.3. The van der Waals surface area contributed by atoms with Crippen molar-refractivity contribution in [1.82, 2.24) is 9.21 Å². The van der Waals surface area contributed by atoms with Crippen LogP contribution in [0.1, 0.15) is 27.0 Å². The number of benzene rings is 2. The third-order valence-corrected chi connectivity index (χ3v) is 8.18. The molecule has 0 bridgehead atoms. The summed E-state index contributed by atoms with van der Waals surface area (Å²) >= 11 is 1.40. The summed E-state index contributed by atoms with van der Waals surface area (Å²) in [5, 5.41) is 1.90. The molecular weight excluding hydrogens is 432 g/mol. The lowest BCUT2D eigenvalue weighted by Crippen LogP contribution is -2.50. The molecule has 0 unspecified atom stereocenters. The number of rotatable bonds is 5. The van der Waals surface area contributed by atoms with Gasteiger partial charge in [-0.2, -0.15) is 4.31 Å². The Morgan fingerprint density at radius 2 is 1.52 bits per heavy atom. The van der Waals surface area contributed by atoms with Crippen molar-refractivity contribution >= 4 is 33.1 Å². The topological polar surface area (TPSA) is 74.8 Å². The van der Waals surface area contributed by atoms with E-state index in [1.807, 2.05) is 41.8 Å². The number of carbonyl (C=O) groups excluding carboxylic acids is 2. The molecule has 4 rings (SSSR count). The fourth-order valence-electron chi connectivity index (χ4n) is 3.61. The van der Waals surface area contributed by atoms with Gasteiger partial charge in [-0.3, -0.25) is 9.59 Å². The molecule has 160 valence electrons. The molecule has 1 fully saturated rings. The smallest absolute Gasteiger partial charge is 0.264 e. The van der Waals surface area contributed by atoms with Crippen LogP contribution in [-0.2, 0) is 10.0 Å². The van der Waals surface area contributed by atoms with Crippen LogP contribution < -0.4 is 0 Å². The molecule has 0 saturated carbocycles. The predicted octanol–water partition coefficient (Wildman–Crippen LogP) is 3.76. The van der Waals surface area contributed by atoms with Crippen LogP contribution in [0, 0.1) is 0 Å². The average Bonchev–Trinajstić information content (AvgIpc) is 3.29. The van der Waals surface area contributed by atoms with E-state index in [-0.39, 0.29) is 29.7 Å². The number of hydrogen-bond acceptors (Lipinski definition) is 5. The highest BCUT2D eigenvalue weighted by Gasteiger charge is 2.31. The first-order valence-electron chi connectivity index (χ1n) is 9.91. The van der Waals surface area contributed by atoms with Gasteiger partial charge in [0, 0.05) is 37.3 Å². The largest absolute Gasteiger partial charge is 0.335 e. The number of hydrogen-bond donors (Lipinski definition) is 0. The lowest BCUT2D eigenvalue weighted by molar-refractivity contribution is 0.0703. The van der Waals surface area contributed by atoms with Crippen LogP contribution in [0.5, 0.6) is 0 Å². The van der Waals surface area contributed by atoms with E-state index < -0.39 is 10.0 Å². The highest BCUT2D eigenvalue weighted by Crippen LogP contribution is 2.30. The molecule has 8 heteroatoms. The summed E-state index contributed by atoms with van der Waals surface area (Å²) in [5.41, 5.74) is 2.36. The summed E-state index contributed by atoms with van der Waals surface area (Å²) in [6, 6.07) is 17.7. The van der Waals surface area contributed by atoms with Crippen LogP contribution in [0.2, 0.25) is 0 Å². The van der Waals surface area contributed by atoms with E-state index in [1.54, 1.807) is 4.90 Å². The van der Waals surface area contributed by atoms with Crippen molar-refractivity contribution in [1.29, 1.82) is 0 Å². The number of nitrogens with zero attached hydrogens (tertiary/aromatic N) is 2. The Hall–Kier alpha value is -2.81. The third kappa shape index (κ3) is 4.32. The van der Waals surface area contributed by atoms with Gasteiger partial charge in [-0.25, -0.2) is 8.42 Å². The molecular formula is C23H22N2O4S2. The molecule has 0 atom stereocenters. The molecule has 3 aromatic rings. The molecule has 0 radical (unpaired) electrons.